The van der Waals surface area contributed by atoms with E-state index in [0.717, 1.165) is 5.52 Å². The van der Waals surface area contributed by atoms with Crippen LogP contribution in [-0.2, 0) is 13.1 Å². The molecule has 6 aromatic rings. The molecule has 0 saturated carbocycles. The summed E-state index contributed by atoms with van der Waals surface area (Å²) in [7, 11) is 0. The molecule has 0 atom stereocenters. The van der Waals surface area contributed by atoms with Crippen LogP contribution < -0.4 is 0 Å². The molecule has 0 unspecified atom stereocenters. The lowest BCUT2D eigenvalue weighted by molar-refractivity contribution is 0.0686. The Bertz CT molecular complexity index is 2160. The third-order valence-electron chi connectivity index (χ3n) is 8.36. The van der Waals surface area contributed by atoms with Gasteiger partial charge in [-0.15, -0.1) is 0 Å². The topological polar surface area (TPSA) is 165 Å². The molecule has 0 radical (unpaired) electrons. The second-order valence-corrected chi connectivity index (χ2v) is 12.2. The number of fused-ring (bicyclic) bond motifs is 2. The number of para-hydroxylation sites is 2. The zero-order chi connectivity index (χ0) is 34.9. The number of aromatic carboxylic acids is 2. The monoisotopic (exact) mass is 650 g/mol. The summed E-state index contributed by atoms with van der Waals surface area (Å²) in [6.45, 7) is 8.38. The number of aromatic nitrogens is 2. The molecule has 0 spiro atoms. The third-order valence-corrected chi connectivity index (χ3v) is 8.36. The molecule has 0 aliphatic rings. The zero-order valence-corrected chi connectivity index (χ0v) is 27.0. The summed E-state index contributed by atoms with van der Waals surface area (Å²) in [6.07, 6.45) is 0. The molecule has 0 amide bonds. The number of carbonyl (C=O) groups is 2. The normalized spacial score (nSPS) is 11.3. The van der Waals surface area contributed by atoms with E-state index in [1.165, 1.54) is 12.1 Å². The Morgan fingerprint density at radius 3 is 1.56 bits per heavy atom. The number of aromatic hydroxyl groups is 4. The van der Waals surface area contributed by atoms with Crippen LogP contribution in [0, 0.1) is 0 Å². The average molecular weight is 651 g/mol. The van der Waals surface area contributed by atoms with E-state index in [2.05, 4.69) is 0 Å². The molecular weight excluding hydrogens is 612 g/mol. The van der Waals surface area contributed by atoms with E-state index >= 15 is 0 Å². The largest absolute Gasteiger partial charge is 0.508 e. The summed E-state index contributed by atoms with van der Waals surface area (Å²) in [5.74, 6) is -1.88. The molecule has 48 heavy (non-hydrogen) atoms. The van der Waals surface area contributed by atoms with E-state index in [-0.39, 0.29) is 46.0 Å². The maximum absolute atomic E-state index is 11.9. The molecule has 0 bridgehead atoms. The summed E-state index contributed by atoms with van der Waals surface area (Å²) < 4.78 is 3.76. The van der Waals surface area contributed by atoms with Crippen molar-refractivity contribution < 1.29 is 40.2 Å². The van der Waals surface area contributed by atoms with Crippen LogP contribution in [0.2, 0.25) is 0 Å². The number of hydrogen-bond donors (Lipinski definition) is 6. The van der Waals surface area contributed by atoms with Crippen molar-refractivity contribution in [3.05, 3.63) is 119 Å². The first-order valence-corrected chi connectivity index (χ1v) is 15.5. The quantitative estimate of drug-likeness (QED) is 0.0969. The Labute approximate surface area is 277 Å². The first-order chi connectivity index (χ1) is 22.8. The number of phenolic OH excluding ortho intramolecular Hbond substituents is 4. The number of carboxylic acid groups (broad SMARTS) is 2. The van der Waals surface area contributed by atoms with Crippen molar-refractivity contribution in [2.75, 3.05) is 0 Å². The molecule has 6 rings (SSSR count). The molecule has 248 valence electrons. The van der Waals surface area contributed by atoms with Gasteiger partial charge in [-0.1, -0.05) is 70.2 Å². The molecule has 10 heteroatoms. The van der Waals surface area contributed by atoms with E-state index in [4.69, 9.17) is 0 Å². The van der Waals surface area contributed by atoms with Gasteiger partial charge in [0.05, 0.1) is 35.1 Å². The van der Waals surface area contributed by atoms with Gasteiger partial charge >= 0.3 is 11.9 Å². The van der Waals surface area contributed by atoms with E-state index < -0.39 is 11.9 Å². The minimum absolute atomic E-state index is 0.0278. The highest BCUT2D eigenvalue weighted by Gasteiger charge is 2.27. The van der Waals surface area contributed by atoms with Crippen LogP contribution in [0.4, 0.5) is 0 Å². The average Bonchev–Trinajstić information content (AvgIpc) is 3.53. The molecule has 0 saturated heterocycles. The summed E-state index contributed by atoms with van der Waals surface area (Å²) in [6, 6.07) is 23.7. The maximum atomic E-state index is 11.9. The Kier molecular flexibility index (Phi) is 9.38. The summed E-state index contributed by atoms with van der Waals surface area (Å²) in [4.78, 5) is 23.7. The lowest BCUT2D eigenvalue weighted by Gasteiger charge is -2.15. The summed E-state index contributed by atoms with van der Waals surface area (Å²) >= 11 is 0. The van der Waals surface area contributed by atoms with Gasteiger partial charge in [-0.2, -0.15) is 0 Å². The smallest absolute Gasteiger partial charge is 0.338 e. The highest BCUT2D eigenvalue weighted by molar-refractivity contribution is 6.08. The van der Waals surface area contributed by atoms with Crippen LogP contribution >= 0.6 is 0 Å². The predicted octanol–water partition coefficient (Wildman–Crippen LogP) is 7.84. The molecule has 0 fully saturated rings. The molecule has 4 aromatic carbocycles. The third kappa shape index (κ3) is 6.24. The van der Waals surface area contributed by atoms with Crippen LogP contribution in [0.15, 0.2) is 84.9 Å². The number of rotatable bonds is 8. The highest BCUT2D eigenvalue weighted by atomic mass is 16.4. The lowest BCUT2D eigenvalue weighted by atomic mass is 10.0. The molecule has 10 nitrogen and oxygen atoms in total. The number of carboxylic acids is 2. The van der Waals surface area contributed by atoms with Crippen LogP contribution in [0.25, 0.3) is 21.8 Å². The van der Waals surface area contributed by atoms with Gasteiger partial charge in [0.2, 0.25) is 0 Å². The molecule has 6 N–H and O–H groups in total. The minimum atomic E-state index is -1.07. The molecule has 2 aromatic heterocycles. The van der Waals surface area contributed by atoms with Gasteiger partial charge in [0, 0.05) is 33.4 Å². The number of nitrogens with zero attached hydrogens (tertiary/aromatic N) is 2. The van der Waals surface area contributed by atoms with Crippen molar-refractivity contribution in [2.24, 2.45) is 0 Å². The van der Waals surface area contributed by atoms with Gasteiger partial charge in [-0.05, 0) is 54.3 Å². The van der Waals surface area contributed by atoms with Gasteiger partial charge in [0.1, 0.15) is 23.0 Å². The van der Waals surface area contributed by atoms with Gasteiger partial charge in [0.25, 0.3) is 0 Å². The van der Waals surface area contributed by atoms with Crippen molar-refractivity contribution >= 4 is 33.7 Å². The molecule has 0 aliphatic carbocycles. The van der Waals surface area contributed by atoms with Crippen LogP contribution in [-0.4, -0.2) is 51.7 Å². The Hall–Kier alpha value is -5.90. The second-order valence-electron chi connectivity index (χ2n) is 12.2. The van der Waals surface area contributed by atoms with Crippen molar-refractivity contribution in [1.82, 2.24) is 9.13 Å². The standard InChI is InChI=1S/2C19H19NO4/c1-11(2)18-17(19(23)24)16-13(7-5-9-15(16)22)20(18)10-12-6-3-4-8-14(12)21;1-11(2)18-17(19(23)24)14-9-13(21)7-8-15(14)20(18)10-12-5-3-4-6-16(12)22/h2*3-9,11,21-22H,10H2,1-2H3,(H,23,24). The Balaban J connectivity index is 0.000000188. The number of phenols is 4. The van der Waals surface area contributed by atoms with E-state index in [1.54, 1.807) is 54.6 Å². The van der Waals surface area contributed by atoms with Crippen molar-refractivity contribution in [3.8, 4) is 23.0 Å². The van der Waals surface area contributed by atoms with Crippen molar-refractivity contribution in [3.63, 3.8) is 0 Å². The highest BCUT2D eigenvalue weighted by Crippen LogP contribution is 2.38. The van der Waals surface area contributed by atoms with Gasteiger partial charge in [-0.25, -0.2) is 9.59 Å². The van der Waals surface area contributed by atoms with E-state index in [1.807, 2.05) is 55.0 Å². The predicted molar refractivity (Wildman–Crippen MR) is 184 cm³/mol. The lowest BCUT2D eigenvalue weighted by Crippen LogP contribution is -2.10. The van der Waals surface area contributed by atoms with Gasteiger partial charge in [-0.3, -0.25) is 0 Å². The van der Waals surface area contributed by atoms with E-state index in [0.29, 0.717) is 51.9 Å². The van der Waals surface area contributed by atoms with E-state index in [9.17, 15) is 40.2 Å². The molecular formula is C38H38N2O8. The van der Waals surface area contributed by atoms with Crippen LogP contribution in [0.5, 0.6) is 23.0 Å². The zero-order valence-electron chi connectivity index (χ0n) is 27.0. The summed E-state index contributed by atoms with van der Waals surface area (Å²) in [5.41, 5.74) is 4.38. The number of hydrogen-bond acceptors (Lipinski definition) is 6. The van der Waals surface area contributed by atoms with Gasteiger partial charge in [0.15, 0.2) is 0 Å². The second kappa shape index (κ2) is 13.4. The van der Waals surface area contributed by atoms with Crippen molar-refractivity contribution in [1.29, 1.82) is 0 Å². The molecule has 2 heterocycles. The first-order valence-electron chi connectivity index (χ1n) is 15.5. The minimum Gasteiger partial charge on any atom is -0.508 e. The fraction of sp³-hybridized carbons (Fsp3) is 0.211. The molecule has 0 aliphatic heterocycles. The van der Waals surface area contributed by atoms with Crippen molar-refractivity contribution in [2.45, 2.75) is 52.6 Å². The van der Waals surface area contributed by atoms with Crippen LogP contribution in [0.1, 0.15) is 82.8 Å². The maximum Gasteiger partial charge on any atom is 0.338 e. The Morgan fingerprint density at radius 1 is 0.583 bits per heavy atom. The SMILES string of the molecule is CC(C)c1c(C(=O)O)c2c(O)cccc2n1Cc1ccccc1O.CC(C)c1c(C(=O)O)c2cc(O)ccc2n1Cc1ccccc1O. The Morgan fingerprint density at radius 2 is 1.06 bits per heavy atom. The number of benzene rings is 4. The van der Waals surface area contributed by atoms with Crippen LogP contribution in [0.3, 0.4) is 0 Å². The van der Waals surface area contributed by atoms with Gasteiger partial charge < -0.3 is 39.8 Å². The fourth-order valence-corrected chi connectivity index (χ4v) is 6.38. The first kappa shape index (κ1) is 33.5. The summed E-state index contributed by atoms with van der Waals surface area (Å²) in [5, 5.41) is 60.3. The fourth-order valence-electron chi connectivity index (χ4n) is 6.38.